The van der Waals surface area contributed by atoms with E-state index in [0.29, 0.717) is 18.9 Å². The molecule has 8 nitrogen and oxygen atoms in total. The third kappa shape index (κ3) is 3.74. The third-order valence-corrected chi connectivity index (χ3v) is 2.36. The van der Waals surface area contributed by atoms with E-state index in [1.54, 1.807) is 0 Å². The molecule has 1 aliphatic carbocycles. The molecule has 0 aromatic rings. The van der Waals surface area contributed by atoms with Gasteiger partial charge in [0.2, 0.25) is 0 Å². The van der Waals surface area contributed by atoms with Crippen molar-refractivity contribution in [3.05, 3.63) is 11.3 Å². The van der Waals surface area contributed by atoms with Crippen molar-refractivity contribution in [1.29, 1.82) is 0 Å². The largest absolute Gasteiger partial charge is 0.473 e. The van der Waals surface area contributed by atoms with Gasteiger partial charge in [0.15, 0.2) is 0 Å². The third-order valence-electron chi connectivity index (χ3n) is 2.36. The average Bonchev–Trinajstić information content (AvgIpc) is 3.08. The Hall–Kier alpha value is -2.09. The zero-order chi connectivity index (χ0) is 13.7. The lowest BCUT2D eigenvalue weighted by Gasteiger charge is -1.97. The molecule has 0 aromatic carbocycles. The zero-order valence-electron chi connectivity index (χ0n) is 9.50. The molecule has 0 spiro atoms. The predicted molar refractivity (Wildman–Crippen MR) is 58.6 cm³/mol. The smallest absolute Gasteiger partial charge is 0.414 e. The van der Waals surface area contributed by atoms with Crippen LogP contribution in [0.4, 0.5) is 0 Å². The maximum atomic E-state index is 11.1. The van der Waals surface area contributed by atoms with Gasteiger partial charge in [-0.3, -0.25) is 4.79 Å². The first kappa shape index (κ1) is 14.0. The van der Waals surface area contributed by atoms with Crippen LogP contribution in [0.5, 0.6) is 0 Å². The summed E-state index contributed by atoms with van der Waals surface area (Å²) >= 11 is 0. The van der Waals surface area contributed by atoms with Gasteiger partial charge in [-0.15, -0.1) is 5.11 Å². The Morgan fingerprint density at radius 2 is 1.78 bits per heavy atom. The van der Waals surface area contributed by atoms with E-state index in [4.69, 9.17) is 25.5 Å². The Morgan fingerprint density at radius 3 is 2.17 bits per heavy atom. The SMILES string of the molecule is NCCC1=C(C2CC2)N=NC1=O.O=C(O)C(=O)O. The van der Waals surface area contributed by atoms with Gasteiger partial charge in [0.25, 0.3) is 5.91 Å². The molecule has 0 atom stereocenters. The van der Waals surface area contributed by atoms with Crippen molar-refractivity contribution >= 4 is 17.8 Å². The highest BCUT2D eigenvalue weighted by Crippen LogP contribution is 2.41. The maximum absolute atomic E-state index is 11.1. The Morgan fingerprint density at radius 1 is 1.22 bits per heavy atom. The van der Waals surface area contributed by atoms with Crippen LogP contribution in [0.3, 0.4) is 0 Å². The van der Waals surface area contributed by atoms with E-state index in [-0.39, 0.29) is 5.91 Å². The number of allylic oxidation sites excluding steroid dienone is 1. The van der Waals surface area contributed by atoms with Crippen LogP contribution in [0.1, 0.15) is 19.3 Å². The fraction of sp³-hybridized carbons (Fsp3) is 0.500. The van der Waals surface area contributed by atoms with Gasteiger partial charge >= 0.3 is 11.9 Å². The zero-order valence-corrected chi connectivity index (χ0v) is 9.50. The molecule has 4 N–H and O–H groups in total. The summed E-state index contributed by atoms with van der Waals surface area (Å²) in [5, 5.41) is 22.2. The number of hydrogen-bond acceptors (Lipinski definition) is 5. The van der Waals surface area contributed by atoms with E-state index >= 15 is 0 Å². The quantitative estimate of drug-likeness (QED) is 0.612. The van der Waals surface area contributed by atoms with Crippen molar-refractivity contribution in [2.45, 2.75) is 19.3 Å². The minimum atomic E-state index is -1.82. The molecule has 0 aromatic heterocycles. The van der Waals surface area contributed by atoms with Crippen LogP contribution in [-0.2, 0) is 14.4 Å². The first-order valence-corrected chi connectivity index (χ1v) is 5.32. The Bertz CT molecular complexity index is 425. The van der Waals surface area contributed by atoms with Gasteiger partial charge in [0, 0.05) is 11.5 Å². The molecule has 1 heterocycles. The number of carboxylic acids is 2. The lowest BCUT2D eigenvalue weighted by Crippen LogP contribution is -2.09. The number of carbonyl (C=O) groups is 3. The summed E-state index contributed by atoms with van der Waals surface area (Å²) in [4.78, 5) is 29.3. The molecule has 1 fully saturated rings. The van der Waals surface area contributed by atoms with Crippen molar-refractivity contribution in [3.63, 3.8) is 0 Å². The molecule has 0 bridgehead atoms. The molecule has 0 saturated heterocycles. The molecule has 2 aliphatic rings. The molecule has 1 saturated carbocycles. The van der Waals surface area contributed by atoms with Gasteiger partial charge < -0.3 is 15.9 Å². The summed E-state index contributed by atoms with van der Waals surface area (Å²) in [7, 11) is 0. The van der Waals surface area contributed by atoms with Crippen molar-refractivity contribution in [2.75, 3.05) is 6.54 Å². The van der Waals surface area contributed by atoms with Crippen molar-refractivity contribution in [3.8, 4) is 0 Å². The van der Waals surface area contributed by atoms with Gasteiger partial charge in [0.1, 0.15) is 0 Å². The Balaban J connectivity index is 0.000000232. The summed E-state index contributed by atoms with van der Waals surface area (Å²) in [6.45, 7) is 0.502. The van der Waals surface area contributed by atoms with Crippen molar-refractivity contribution in [1.82, 2.24) is 0 Å². The van der Waals surface area contributed by atoms with E-state index in [0.717, 1.165) is 24.1 Å². The van der Waals surface area contributed by atoms with Crippen molar-refractivity contribution in [2.24, 2.45) is 21.9 Å². The molecule has 0 radical (unpaired) electrons. The van der Waals surface area contributed by atoms with Crippen LogP contribution in [0.15, 0.2) is 21.5 Å². The minimum absolute atomic E-state index is 0.178. The first-order valence-electron chi connectivity index (χ1n) is 5.32. The standard InChI is InChI=1S/C8H11N3O.C2H2O4/c9-4-3-6-7(5-1-2-5)10-11-8(6)12;3-1(4)2(5)6/h5H,1-4,9H2;(H,3,4)(H,5,6). The van der Waals surface area contributed by atoms with Gasteiger partial charge in [-0.1, -0.05) is 0 Å². The highest BCUT2D eigenvalue weighted by Gasteiger charge is 2.33. The minimum Gasteiger partial charge on any atom is -0.473 e. The van der Waals surface area contributed by atoms with Crippen LogP contribution in [-0.4, -0.2) is 34.6 Å². The molecule has 0 unspecified atom stereocenters. The summed E-state index contributed by atoms with van der Waals surface area (Å²) < 4.78 is 0. The summed E-state index contributed by atoms with van der Waals surface area (Å²) in [5.74, 6) is -3.32. The summed E-state index contributed by atoms with van der Waals surface area (Å²) in [6.07, 6.45) is 2.92. The van der Waals surface area contributed by atoms with Crippen LogP contribution in [0.25, 0.3) is 0 Å². The van der Waals surface area contributed by atoms with Gasteiger partial charge in [-0.05, 0) is 25.8 Å². The van der Waals surface area contributed by atoms with Crippen LogP contribution < -0.4 is 5.73 Å². The topological polar surface area (TPSA) is 142 Å². The van der Waals surface area contributed by atoms with Gasteiger partial charge in [-0.25, -0.2) is 9.59 Å². The Kier molecular flexibility index (Phi) is 4.67. The molecule has 2 rings (SSSR count). The summed E-state index contributed by atoms with van der Waals surface area (Å²) in [6, 6.07) is 0. The molecular formula is C10H13N3O5. The molecule has 98 valence electrons. The van der Waals surface area contributed by atoms with E-state index in [1.165, 1.54) is 0 Å². The second-order valence-electron chi connectivity index (χ2n) is 3.79. The molecule has 1 amide bonds. The molecule has 1 aliphatic heterocycles. The highest BCUT2D eigenvalue weighted by molar-refractivity contribution is 6.27. The first-order chi connectivity index (χ1) is 8.47. The number of aliphatic carboxylic acids is 2. The fourth-order valence-corrected chi connectivity index (χ4v) is 1.39. The number of carboxylic acid groups (broad SMARTS) is 2. The van der Waals surface area contributed by atoms with Crippen LogP contribution in [0.2, 0.25) is 0 Å². The number of nitrogens with two attached hydrogens (primary N) is 1. The second-order valence-corrected chi connectivity index (χ2v) is 3.79. The monoisotopic (exact) mass is 255 g/mol. The van der Waals surface area contributed by atoms with E-state index in [1.807, 2.05) is 0 Å². The number of amides is 1. The van der Waals surface area contributed by atoms with Gasteiger partial charge in [-0.2, -0.15) is 5.11 Å². The number of carbonyl (C=O) groups excluding carboxylic acids is 1. The fourth-order valence-electron chi connectivity index (χ4n) is 1.39. The van der Waals surface area contributed by atoms with Gasteiger partial charge in [0.05, 0.1) is 5.70 Å². The Labute approximate surface area is 102 Å². The van der Waals surface area contributed by atoms with E-state index in [9.17, 15) is 4.79 Å². The molecule has 8 heteroatoms. The number of nitrogens with zero attached hydrogens (tertiary/aromatic N) is 2. The lowest BCUT2D eigenvalue weighted by molar-refractivity contribution is -0.159. The van der Waals surface area contributed by atoms with E-state index in [2.05, 4.69) is 10.2 Å². The predicted octanol–water partition coefficient (Wildman–Crippen LogP) is 0.147. The highest BCUT2D eigenvalue weighted by atomic mass is 16.4. The average molecular weight is 255 g/mol. The molecular weight excluding hydrogens is 242 g/mol. The van der Waals surface area contributed by atoms with Crippen LogP contribution >= 0.6 is 0 Å². The van der Waals surface area contributed by atoms with E-state index < -0.39 is 11.9 Å². The number of hydrogen-bond donors (Lipinski definition) is 3. The van der Waals surface area contributed by atoms with Crippen molar-refractivity contribution < 1.29 is 24.6 Å². The summed E-state index contributed by atoms with van der Waals surface area (Å²) in [5.41, 5.74) is 7.04. The lowest BCUT2D eigenvalue weighted by atomic mass is 10.1. The maximum Gasteiger partial charge on any atom is 0.414 e. The number of rotatable bonds is 3. The number of azo groups is 1. The van der Waals surface area contributed by atoms with Crippen LogP contribution in [0, 0.1) is 5.92 Å². The second kappa shape index (κ2) is 6.01. The molecule has 18 heavy (non-hydrogen) atoms. The normalized spacial score (nSPS) is 17.5.